The van der Waals surface area contributed by atoms with Crippen LogP contribution in [-0.4, -0.2) is 24.8 Å². The topological polar surface area (TPSA) is 29.5 Å². The molecule has 0 N–H and O–H groups in total. The highest BCUT2D eigenvalue weighted by atomic mass is 32.1. The highest BCUT2D eigenvalue weighted by molar-refractivity contribution is 7.81. The third-order valence-corrected chi connectivity index (χ3v) is 2.88. The van der Waals surface area contributed by atoms with E-state index >= 15 is 0 Å². The van der Waals surface area contributed by atoms with Gasteiger partial charge < -0.3 is 9.64 Å². The molecule has 0 spiro atoms. The lowest BCUT2D eigenvalue weighted by molar-refractivity contribution is -0.117. The van der Waals surface area contributed by atoms with Crippen molar-refractivity contribution in [3.05, 3.63) is 24.0 Å². The maximum atomic E-state index is 13.1. The maximum absolute atomic E-state index is 13.1. The molecule has 0 bridgehead atoms. The minimum absolute atomic E-state index is 0.000438. The van der Waals surface area contributed by atoms with Crippen molar-refractivity contribution >= 4 is 24.2 Å². The normalized spacial score (nSPS) is 20.3. The third-order valence-electron chi connectivity index (χ3n) is 2.54. The zero-order chi connectivity index (χ0) is 11.7. The molecule has 0 radical (unpaired) electrons. The first kappa shape index (κ1) is 11.3. The molecule has 0 aliphatic carbocycles. The molecular formula is C11H12FNO2S. The van der Waals surface area contributed by atoms with Gasteiger partial charge in [-0.3, -0.25) is 4.79 Å². The van der Waals surface area contributed by atoms with Crippen LogP contribution in [0.2, 0.25) is 0 Å². The summed E-state index contributed by atoms with van der Waals surface area (Å²) in [5, 5.41) is 0.000438. The van der Waals surface area contributed by atoms with Gasteiger partial charge >= 0.3 is 0 Å². The van der Waals surface area contributed by atoms with E-state index in [1.807, 2.05) is 0 Å². The first-order valence-electron chi connectivity index (χ1n) is 4.94. The molecule has 1 fully saturated rings. The Bertz CT molecular complexity index is 424. The number of hydrogen-bond donors (Lipinski definition) is 1. The van der Waals surface area contributed by atoms with Crippen LogP contribution in [0.4, 0.5) is 10.1 Å². The van der Waals surface area contributed by atoms with Crippen molar-refractivity contribution in [2.45, 2.75) is 11.7 Å². The van der Waals surface area contributed by atoms with Gasteiger partial charge in [0, 0.05) is 24.3 Å². The molecule has 1 aliphatic rings. The lowest BCUT2D eigenvalue weighted by atomic mass is 10.2. The van der Waals surface area contributed by atoms with Crippen LogP contribution in [0.3, 0.4) is 0 Å². The van der Waals surface area contributed by atoms with E-state index in [2.05, 4.69) is 12.6 Å². The Kier molecular flexibility index (Phi) is 3.05. The number of ether oxygens (including phenoxy) is 1. The second-order valence-corrected chi connectivity index (χ2v) is 4.41. The molecule has 1 unspecified atom stereocenters. The third kappa shape index (κ3) is 2.00. The molecule has 1 aromatic carbocycles. The molecule has 1 saturated heterocycles. The highest BCUT2D eigenvalue weighted by Crippen LogP contribution is 2.32. The molecular weight excluding hydrogens is 229 g/mol. The van der Waals surface area contributed by atoms with E-state index in [1.165, 1.54) is 30.2 Å². The maximum Gasteiger partial charge on any atom is 0.228 e. The van der Waals surface area contributed by atoms with E-state index in [-0.39, 0.29) is 17.0 Å². The van der Waals surface area contributed by atoms with Crippen LogP contribution in [0.15, 0.2) is 18.2 Å². The number of anilines is 1. The van der Waals surface area contributed by atoms with Gasteiger partial charge in [0.05, 0.1) is 12.8 Å². The monoisotopic (exact) mass is 241 g/mol. The summed E-state index contributed by atoms with van der Waals surface area (Å²) in [7, 11) is 1.50. The van der Waals surface area contributed by atoms with Crippen molar-refractivity contribution in [1.82, 2.24) is 0 Å². The number of benzene rings is 1. The van der Waals surface area contributed by atoms with Crippen LogP contribution in [0.1, 0.15) is 6.42 Å². The van der Waals surface area contributed by atoms with E-state index in [0.29, 0.717) is 24.4 Å². The van der Waals surface area contributed by atoms with Crippen LogP contribution < -0.4 is 9.64 Å². The number of nitrogens with zero attached hydrogens (tertiary/aromatic N) is 1. The summed E-state index contributed by atoms with van der Waals surface area (Å²) in [6.45, 7) is 0.488. The standard InChI is InChI=1S/C11H12FNO2S/c1-15-10-3-2-7(12)4-9(10)13-6-8(16)5-11(13)14/h2-4,8,16H,5-6H2,1H3. The zero-order valence-corrected chi connectivity index (χ0v) is 9.71. The molecule has 2 rings (SSSR count). The summed E-state index contributed by atoms with van der Waals surface area (Å²) in [6, 6.07) is 4.13. The van der Waals surface area contributed by atoms with Crippen LogP contribution in [0.5, 0.6) is 5.75 Å². The average molecular weight is 241 g/mol. The van der Waals surface area contributed by atoms with Gasteiger partial charge in [0.15, 0.2) is 0 Å². The van der Waals surface area contributed by atoms with Gasteiger partial charge in [0.2, 0.25) is 5.91 Å². The van der Waals surface area contributed by atoms with Crippen molar-refractivity contribution in [2.24, 2.45) is 0 Å². The fraction of sp³-hybridized carbons (Fsp3) is 0.364. The molecule has 5 heteroatoms. The Hall–Kier alpha value is -1.23. The second-order valence-electron chi connectivity index (χ2n) is 3.68. The molecule has 16 heavy (non-hydrogen) atoms. The van der Waals surface area contributed by atoms with E-state index in [9.17, 15) is 9.18 Å². The number of rotatable bonds is 2. The molecule has 1 aromatic rings. The summed E-state index contributed by atoms with van der Waals surface area (Å²) in [5.74, 6) is 0.0623. The Morgan fingerprint density at radius 1 is 1.56 bits per heavy atom. The predicted octanol–water partition coefficient (Wildman–Crippen LogP) is 1.87. The Morgan fingerprint density at radius 3 is 2.88 bits per heavy atom. The summed E-state index contributed by atoms with van der Waals surface area (Å²) < 4.78 is 18.3. The average Bonchev–Trinajstić information content (AvgIpc) is 2.57. The summed E-state index contributed by atoms with van der Waals surface area (Å²) in [6.07, 6.45) is 0.378. The van der Waals surface area contributed by atoms with Gasteiger partial charge in [0.25, 0.3) is 0 Å². The fourth-order valence-corrected chi connectivity index (χ4v) is 2.12. The van der Waals surface area contributed by atoms with Gasteiger partial charge in [0.1, 0.15) is 11.6 Å². The quantitative estimate of drug-likeness (QED) is 0.801. The van der Waals surface area contributed by atoms with Gasteiger partial charge in [-0.1, -0.05) is 0 Å². The summed E-state index contributed by atoms with van der Waals surface area (Å²) in [5.41, 5.74) is 0.476. The van der Waals surface area contributed by atoms with Gasteiger partial charge in [-0.05, 0) is 12.1 Å². The number of amides is 1. The smallest absolute Gasteiger partial charge is 0.228 e. The van der Waals surface area contributed by atoms with Crippen LogP contribution in [0.25, 0.3) is 0 Å². The van der Waals surface area contributed by atoms with E-state index in [1.54, 1.807) is 0 Å². The SMILES string of the molecule is COc1ccc(F)cc1N1CC(S)CC1=O. The fourth-order valence-electron chi connectivity index (χ4n) is 1.80. The number of halogens is 1. The minimum atomic E-state index is -0.383. The van der Waals surface area contributed by atoms with Crippen molar-refractivity contribution in [3.63, 3.8) is 0 Å². The molecule has 1 heterocycles. The number of methoxy groups -OCH3 is 1. The van der Waals surface area contributed by atoms with Gasteiger partial charge in [-0.15, -0.1) is 0 Å². The van der Waals surface area contributed by atoms with Crippen molar-refractivity contribution in [3.8, 4) is 5.75 Å². The van der Waals surface area contributed by atoms with Crippen LogP contribution in [-0.2, 0) is 4.79 Å². The zero-order valence-electron chi connectivity index (χ0n) is 8.81. The highest BCUT2D eigenvalue weighted by Gasteiger charge is 2.30. The number of carbonyl (C=O) groups excluding carboxylic acids is 1. The van der Waals surface area contributed by atoms with Crippen molar-refractivity contribution < 1.29 is 13.9 Å². The second kappa shape index (κ2) is 4.33. The molecule has 1 amide bonds. The van der Waals surface area contributed by atoms with Crippen LogP contribution in [0, 0.1) is 5.82 Å². The lowest BCUT2D eigenvalue weighted by Gasteiger charge is -2.19. The molecule has 86 valence electrons. The van der Waals surface area contributed by atoms with Crippen molar-refractivity contribution in [2.75, 3.05) is 18.6 Å². The number of carbonyl (C=O) groups is 1. The van der Waals surface area contributed by atoms with Crippen LogP contribution >= 0.6 is 12.6 Å². The number of thiol groups is 1. The first-order valence-corrected chi connectivity index (χ1v) is 5.45. The summed E-state index contributed by atoms with van der Waals surface area (Å²) in [4.78, 5) is 13.2. The van der Waals surface area contributed by atoms with E-state index < -0.39 is 0 Å². The predicted molar refractivity (Wildman–Crippen MR) is 62.7 cm³/mol. The Labute approximate surface area is 98.6 Å². The lowest BCUT2D eigenvalue weighted by Crippen LogP contribution is -2.25. The molecule has 0 saturated carbocycles. The Balaban J connectivity index is 2.39. The van der Waals surface area contributed by atoms with Gasteiger partial charge in [-0.2, -0.15) is 12.6 Å². The molecule has 0 aromatic heterocycles. The number of hydrogen-bond acceptors (Lipinski definition) is 3. The van der Waals surface area contributed by atoms with E-state index in [4.69, 9.17) is 4.74 Å². The first-order chi connectivity index (χ1) is 7.61. The summed E-state index contributed by atoms with van der Waals surface area (Å²) >= 11 is 4.25. The van der Waals surface area contributed by atoms with Gasteiger partial charge in [-0.25, -0.2) is 4.39 Å². The molecule has 1 atom stereocenters. The van der Waals surface area contributed by atoms with E-state index in [0.717, 1.165) is 0 Å². The molecule has 1 aliphatic heterocycles. The Morgan fingerprint density at radius 2 is 2.31 bits per heavy atom. The molecule has 3 nitrogen and oxygen atoms in total. The largest absolute Gasteiger partial charge is 0.495 e. The minimum Gasteiger partial charge on any atom is -0.495 e. The van der Waals surface area contributed by atoms with Crippen molar-refractivity contribution in [1.29, 1.82) is 0 Å².